The van der Waals surface area contributed by atoms with Crippen LogP contribution in [0.3, 0.4) is 0 Å². The van der Waals surface area contributed by atoms with E-state index < -0.39 is 10.8 Å². The number of nitro benzene ring substituents is 1. The summed E-state index contributed by atoms with van der Waals surface area (Å²) in [5.74, 6) is 0.685. The van der Waals surface area contributed by atoms with Gasteiger partial charge in [0.2, 0.25) is 5.13 Å². The Kier molecular flexibility index (Phi) is 5.27. The van der Waals surface area contributed by atoms with E-state index in [1.807, 2.05) is 0 Å². The number of carbonyl (C=O) groups excluding carboxylic acids is 1. The molecule has 9 nitrogen and oxygen atoms in total. The Morgan fingerprint density at radius 1 is 1.15 bits per heavy atom. The van der Waals surface area contributed by atoms with Crippen LogP contribution in [0, 0.1) is 10.1 Å². The Bertz CT molecular complexity index is 1000. The Hall–Kier alpha value is -3.53. The van der Waals surface area contributed by atoms with E-state index in [0.717, 1.165) is 11.3 Å². The lowest BCUT2D eigenvalue weighted by molar-refractivity contribution is -0.384. The average Bonchev–Trinajstić information content (AvgIpc) is 3.15. The highest BCUT2D eigenvalue weighted by atomic mass is 32.1. The lowest BCUT2D eigenvalue weighted by Gasteiger charge is -2.07. The topological polar surface area (TPSA) is 116 Å². The minimum atomic E-state index is -0.560. The van der Waals surface area contributed by atoms with Gasteiger partial charge in [-0.2, -0.15) is 0 Å². The maximum atomic E-state index is 12.3. The summed E-state index contributed by atoms with van der Waals surface area (Å²) < 4.78 is 10.5. The van der Waals surface area contributed by atoms with Crippen LogP contribution in [-0.4, -0.2) is 35.2 Å². The summed E-state index contributed by atoms with van der Waals surface area (Å²) in [4.78, 5) is 22.6. The molecule has 0 atom stereocenters. The molecule has 1 aromatic heterocycles. The lowest BCUT2D eigenvalue weighted by Crippen LogP contribution is -2.11. The van der Waals surface area contributed by atoms with Gasteiger partial charge in [-0.05, 0) is 18.2 Å². The molecule has 0 aliphatic rings. The van der Waals surface area contributed by atoms with Gasteiger partial charge in [-0.3, -0.25) is 20.2 Å². The second kappa shape index (κ2) is 7.79. The third-order valence-electron chi connectivity index (χ3n) is 3.60. The maximum absolute atomic E-state index is 12.3. The predicted octanol–water partition coefficient (Wildman–Crippen LogP) is 3.38. The molecule has 10 heteroatoms. The zero-order valence-corrected chi connectivity index (χ0v) is 15.1. The number of methoxy groups -OCH3 is 2. The fourth-order valence-corrected chi connectivity index (χ4v) is 3.06. The number of non-ortho nitro benzene ring substituents is 1. The summed E-state index contributed by atoms with van der Waals surface area (Å²) in [5.41, 5.74) is 0.693. The zero-order chi connectivity index (χ0) is 19.4. The number of hydrogen-bond donors (Lipinski definition) is 1. The van der Waals surface area contributed by atoms with Crippen molar-refractivity contribution in [3.63, 3.8) is 0 Å². The molecule has 0 aliphatic carbocycles. The highest BCUT2D eigenvalue weighted by Gasteiger charge is 2.16. The summed E-state index contributed by atoms with van der Waals surface area (Å²) >= 11 is 1.15. The summed E-state index contributed by atoms with van der Waals surface area (Å²) in [6.45, 7) is 0. The molecule has 0 spiro atoms. The van der Waals surface area contributed by atoms with Crippen LogP contribution in [0.2, 0.25) is 0 Å². The molecule has 27 heavy (non-hydrogen) atoms. The van der Waals surface area contributed by atoms with Gasteiger partial charge < -0.3 is 9.47 Å². The Balaban J connectivity index is 1.81. The minimum Gasteiger partial charge on any atom is -0.497 e. The van der Waals surface area contributed by atoms with E-state index in [2.05, 4.69) is 15.5 Å². The van der Waals surface area contributed by atoms with Gasteiger partial charge in [0.15, 0.2) is 5.01 Å². The van der Waals surface area contributed by atoms with Crippen molar-refractivity contribution in [2.75, 3.05) is 19.5 Å². The van der Waals surface area contributed by atoms with Crippen LogP contribution in [0.15, 0.2) is 42.5 Å². The number of benzene rings is 2. The van der Waals surface area contributed by atoms with Gasteiger partial charge in [0, 0.05) is 23.8 Å². The van der Waals surface area contributed by atoms with Gasteiger partial charge in [0.25, 0.3) is 11.6 Å². The number of rotatable bonds is 6. The third kappa shape index (κ3) is 4.01. The normalized spacial score (nSPS) is 10.3. The number of nitrogens with zero attached hydrogens (tertiary/aromatic N) is 3. The fourth-order valence-electron chi connectivity index (χ4n) is 2.29. The molecule has 138 valence electrons. The number of carbonyl (C=O) groups is 1. The van der Waals surface area contributed by atoms with Crippen molar-refractivity contribution in [3.8, 4) is 22.1 Å². The lowest BCUT2D eigenvalue weighted by atomic mass is 10.2. The van der Waals surface area contributed by atoms with Crippen LogP contribution in [0.25, 0.3) is 10.6 Å². The van der Waals surface area contributed by atoms with E-state index in [1.54, 1.807) is 25.3 Å². The molecule has 0 fully saturated rings. The minimum absolute atomic E-state index is 0.156. The maximum Gasteiger partial charge on any atom is 0.270 e. The summed E-state index contributed by atoms with van der Waals surface area (Å²) in [5, 5.41) is 22.3. The number of hydrogen-bond acceptors (Lipinski definition) is 8. The number of amides is 1. The first kappa shape index (κ1) is 18.3. The Morgan fingerprint density at radius 3 is 2.67 bits per heavy atom. The highest BCUT2D eigenvalue weighted by molar-refractivity contribution is 7.18. The van der Waals surface area contributed by atoms with Crippen LogP contribution >= 0.6 is 11.3 Å². The molecule has 2 aromatic carbocycles. The third-order valence-corrected chi connectivity index (χ3v) is 4.48. The van der Waals surface area contributed by atoms with Crippen LogP contribution < -0.4 is 14.8 Å². The van der Waals surface area contributed by atoms with Crippen molar-refractivity contribution in [2.24, 2.45) is 0 Å². The smallest absolute Gasteiger partial charge is 0.270 e. The van der Waals surface area contributed by atoms with E-state index in [9.17, 15) is 14.9 Å². The molecule has 3 rings (SSSR count). The van der Waals surface area contributed by atoms with Crippen molar-refractivity contribution in [1.82, 2.24) is 10.2 Å². The Labute approximate surface area is 157 Å². The quantitative estimate of drug-likeness (QED) is 0.510. The van der Waals surface area contributed by atoms with Gasteiger partial charge in [-0.1, -0.05) is 17.4 Å². The van der Waals surface area contributed by atoms with E-state index >= 15 is 0 Å². The van der Waals surface area contributed by atoms with Crippen LogP contribution in [0.5, 0.6) is 11.5 Å². The van der Waals surface area contributed by atoms with Gasteiger partial charge in [0.05, 0.1) is 24.7 Å². The van der Waals surface area contributed by atoms with Crippen molar-refractivity contribution < 1.29 is 19.2 Å². The molecular formula is C17H14N4O5S. The highest BCUT2D eigenvalue weighted by Crippen LogP contribution is 2.36. The molecule has 1 amide bonds. The Morgan fingerprint density at radius 2 is 1.96 bits per heavy atom. The van der Waals surface area contributed by atoms with E-state index in [-0.39, 0.29) is 16.4 Å². The molecule has 1 N–H and O–H groups in total. The van der Waals surface area contributed by atoms with Gasteiger partial charge in [-0.25, -0.2) is 0 Å². The summed E-state index contributed by atoms with van der Waals surface area (Å²) in [6, 6.07) is 10.7. The largest absolute Gasteiger partial charge is 0.497 e. The van der Waals surface area contributed by atoms with E-state index in [0.29, 0.717) is 22.1 Å². The monoisotopic (exact) mass is 386 g/mol. The van der Waals surface area contributed by atoms with E-state index in [4.69, 9.17) is 9.47 Å². The number of ether oxygens (including phenoxy) is 2. The van der Waals surface area contributed by atoms with Crippen molar-refractivity contribution in [1.29, 1.82) is 0 Å². The molecule has 1 heterocycles. The second-order valence-corrected chi connectivity index (χ2v) is 6.22. The van der Waals surface area contributed by atoms with Crippen LogP contribution in [-0.2, 0) is 0 Å². The fraction of sp³-hybridized carbons (Fsp3) is 0.118. The number of aromatic nitrogens is 2. The molecule has 0 aliphatic heterocycles. The van der Waals surface area contributed by atoms with E-state index in [1.165, 1.54) is 31.4 Å². The number of nitro groups is 1. The van der Waals surface area contributed by atoms with Gasteiger partial charge in [-0.15, -0.1) is 10.2 Å². The zero-order valence-electron chi connectivity index (χ0n) is 14.3. The summed E-state index contributed by atoms with van der Waals surface area (Å²) in [6.07, 6.45) is 0. The van der Waals surface area contributed by atoms with Crippen molar-refractivity contribution >= 4 is 28.1 Å². The average molecular weight is 386 g/mol. The number of nitrogens with one attached hydrogen (secondary N) is 1. The molecule has 0 saturated carbocycles. The SMILES string of the molecule is COc1ccc(-c2nnc(NC(=O)c3cccc([N+](=O)[O-])c3)s2)c(OC)c1. The molecule has 0 bridgehead atoms. The first-order valence-electron chi connectivity index (χ1n) is 7.63. The first-order valence-corrected chi connectivity index (χ1v) is 8.45. The van der Waals surface area contributed by atoms with Crippen molar-refractivity contribution in [2.45, 2.75) is 0 Å². The van der Waals surface area contributed by atoms with Crippen LogP contribution in [0.1, 0.15) is 10.4 Å². The first-order chi connectivity index (χ1) is 13.0. The molecule has 0 radical (unpaired) electrons. The molecule has 0 saturated heterocycles. The second-order valence-electron chi connectivity index (χ2n) is 5.24. The molecular weight excluding hydrogens is 372 g/mol. The molecule has 0 unspecified atom stereocenters. The van der Waals surface area contributed by atoms with Gasteiger partial charge >= 0.3 is 0 Å². The van der Waals surface area contributed by atoms with Gasteiger partial charge in [0.1, 0.15) is 11.5 Å². The summed E-state index contributed by atoms with van der Waals surface area (Å²) in [7, 11) is 3.09. The predicted molar refractivity (Wildman–Crippen MR) is 99.5 cm³/mol. The standard InChI is InChI=1S/C17H14N4O5S/c1-25-12-6-7-13(14(9-12)26-2)16-19-20-17(27-16)18-15(22)10-4-3-5-11(8-10)21(23)24/h3-9H,1-2H3,(H,18,20,22). The van der Waals surface area contributed by atoms with Crippen molar-refractivity contribution in [3.05, 3.63) is 58.1 Å². The van der Waals surface area contributed by atoms with Crippen LogP contribution in [0.4, 0.5) is 10.8 Å². The number of anilines is 1. The molecule has 3 aromatic rings.